The average molecular weight is 224 g/mol. The van der Waals surface area contributed by atoms with Gasteiger partial charge < -0.3 is 0 Å². The second-order valence-electron chi connectivity index (χ2n) is 2.30. The van der Waals surface area contributed by atoms with E-state index in [-0.39, 0.29) is 11.3 Å². The molecule has 1 rings (SSSR count). The lowest BCUT2D eigenvalue weighted by molar-refractivity contribution is -0.384. The largest absolute Gasteiger partial charge is 0.283 e. The highest BCUT2D eigenvalue weighted by atomic mass is 35.5. The molecule has 0 amide bonds. The summed E-state index contributed by atoms with van der Waals surface area (Å²) in [7, 11) is 0. The van der Waals surface area contributed by atoms with Crippen LogP contribution in [0.25, 0.3) is 0 Å². The summed E-state index contributed by atoms with van der Waals surface area (Å²) in [6.07, 6.45) is 0. The number of nitrogens with zero attached hydrogens (tertiary/aromatic N) is 1. The smallest absolute Gasteiger partial charge is 0.258 e. The molecule has 0 aliphatic carbocycles. The third-order valence-electron chi connectivity index (χ3n) is 1.41. The van der Waals surface area contributed by atoms with Gasteiger partial charge in [-0.2, -0.15) is 0 Å². The third kappa shape index (κ3) is 2.54. The van der Waals surface area contributed by atoms with Gasteiger partial charge in [-0.25, -0.2) is 4.39 Å². The van der Waals surface area contributed by atoms with Crippen molar-refractivity contribution in [2.45, 2.75) is 4.59 Å². The zero-order chi connectivity index (χ0) is 10.1. The Morgan fingerprint density at radius 2 is 1.77 bits per heavy atom. The van der Waals surface area contributed by atoms with E-state index in [4.69, 9.17) is 23.2 Å². The first-order valence-electron chi connectivity index (χ1n) is 3.23. The fraction of sp³-hybridized carbons (Fsp3) is 0.143. The van der Waals surface area contributed by atoms with Crippen molar-refractivity contribution in [2.75, 3.05) is 0 Å². The molecule has 0 spiro atoms. The minimum Gasteiger partial charge on any atom is -0.258 e. The second-order valence-corrected chi connectivity index (χ2v) is 3.54. The maximum absolute atomic E-state index is 12.8. The Kier molecular flexibility index (Phi) is 2.73. The molecule has 6 heteroatoms. The molecule has 1 aromatic rings. The zero-order valence-corrected chi connectivity index (χ0v) is 7.72. The van der Waals surface area contributed by atoms with Crippen LogP contribution in [0.1, 0.15) is 5.56 Å². The van der Waals surface area contributed by atoms with E-state index in [2.05, 4.69) is 0 Å². The Morgan fingerprint density at radius 3 is 2.08 bits per heavy atom. The maximum atomic E-state index is 12.8. The first kappa shape index (κ1) is 10.2. The molecule has 0 aromatic heterocycles. The van der Waals surface area contributed by atoms with Gasteiger partial charge in [0.05, 0.1) is 4.92 Å². The number of rotatable bonds is 2. The second kappa shape index (κ2) is 3.47. The van der Waals surface area contributed by atoms with E-state index in [0.29, 0.717) is 0 Å². The fourth-order valence-corrected chi connectivity index (χ4v) is 1.02. The number of hydrogen-bond donors (Lipinski definition) is 0. The Hall–Kier alpha value is -0.870. The average Bonchev–Trinajstić information content (AvgIpc) is 2.03. The molecular formula is C7H4Cl2FNO2. The minimum atomic E-state index is -2.50. The summed E-state index contributed by atoms with van der Waals surface area (Å²) in [4.78, 5) is 9.62. The molecule has 0 aliphatic rings. The third-order valence-corrected chi connectivity index (χ3v) is 1.84. The molecule has 0 N–H and O–H groups in total. The number of hydrogen-bond acceptors (Lipinski definition) is 2. The Bertz CT molecular complexity index is 320. The van der Waals surface area contributed by atoms with Gasteiger partial charge in [-0.3, -0.25) is 10.1 Å². The van der Waals surface area contributed by atoms with E-state index in [1.807, 2.05) is 0 Å². The van der Waals surface area contributed by atoms with Gasteiger partial charge >= 0.3 is 0 Å². The van der Waals surface area contributed by atoms with Gasteiger partial charge in [-0.1, -0.05) is 23.2 Å². The molecule has 0 saturated carbocycles. The van der Waals surface area contributed by atoms with Crippen molar-refractivity contribution in [3.8, 4) is 0 Å². The topological polar surface area (TPSA) is 43.1 Å². The van der Waals surface area contributed by atoms with Crippen molar-refractivity contribution in [3.05, 3.63) is 39.9 Å². The van der Waals surface area contributed by atoms with E-state index in [0.717, 1.165) is 24.3 Å². The van der Waals surface area contributed by atoms with E-state index in [9.17, 15) is 14.5 Å². The molecule has 1 aromatic carbocycles. The monoisotopic (exact) mass is 223 g/mol. The van der Waals surface area contributed by atoms with Crippen molar-refractivity contribution in [2.24, 2.45) is 0 Å². The van der Waals surface area contributed by atoms with Crippen LogP contribution < -0.4 is 0 Å². The van der Waals surface area contributed by atoms with Crippen molar-refractivity contribution >= 4 is 28.9 Å². The summed E-state index contributed by atoms with van der Waals surface area (Å²) in [5.74, 6) is 0. The summed E-state index contributed by atoms with van der Waals surface area (Å²) >= 11 is 10.2. The summed E-state index contributed by atoms with van der Waals surface area (Å²) in [6.45, 7) is 0. The molecule has 13 heavy (non-hydrogen) atoms. The molecule has 0 bridgehead atoms. The van der Waals surface area contributed by atoms with Crippen LogP contribution in [0.3, 0.4) is 0 Å². The lowest BCUT2D eigenvalue weighted by atomic mass is 10.2. The quantitative estimate of drug-likeness (QED) is 0.439. The predicted octanol–water partition coefficient (Wildman–Crippen LogP) is 3.15. The number of nitro groups is 1. The number of nitro benzene ring substituents is 1. The summed E-state index contributed by atoms with van der Waals surface area (Å²) in [5, 5.41) is 10.2. The Balaban J connectivity index is 3.01. The minimum absolute atomic E-state index is 0.0265. The van der Waals surface area contributed by atoms with Crippen LogP contribution in [0.2, 0.25) is 0 Å². The van der Waals surface area contributed by atoms with E-state index in [1.54, 1.807) is 0 Å². The van der Waals surface area contributed by atoms with Crippen LogP contribution in [-0.4, -0.2) is 4.92 Å². The first-order chi connectivity index (χ1) is 5.91. The Morgan fingerprint density at radius 1 is 1.31 bits per heavy atom. The van der Waals surface area contributed by atoms with E-state index >= 15 is 0 Å². The molecular weight excluding hydrogens is 220 g/mol. The standard InChI is InChI=1S/C7H4Cl2FNO2/c8-7(9,10)5-1-3-6(4-2-5)11(12)13/h1-4H. The van der Waals surface area contributed by atoms with E-state index < -0.39 is 9.51 Å². The summed E-state index contributed by atoms with van der Waals surface area (Å²) < 4.78 is 10.3. The lowest BCUT2D eigenvalue weighted by Gasteiger charge is -2.07. The van der Waals surface area contributed by atoms with Crippen LogP contribution in [0.15, 0.2) is 24.3 Å². The first-order valence-corrected chi connectivity index (χ1v) is 3.98. The van der Waals surface area contributed by atoms with Gasteiger partial charge in [0.25, 0.3) is 10.3 Å². The summed E-state index contributed by atoms with van der Waals surface area (Å²) in [6, 6.07) is 4.60. The predicted molar refractivity (Wildman–Crippen MR) is 47.6 cm³/mol. The number of benzene rings is 1. The van der Waals surface area contributed by atoms with Crippen molar-refractivity contribution in [1.82, 2.24) is 0 Å². The molecule has 0 aliphatic heterocycles. The van der Waals surface area contributed by atoms with Gasteiger partial charge in [0, 0.05) is 17.7 Å². The van der Waals surface area contributed by atoms with Gasteiger partial charge in [-0.15, -0.1) is 0 Å². The molecule has 0 unspecified atom stereocenters. The van der Waals surface area contributed by atoms with Gasteiger partial charge in [-0.05, 0) is 12.1 Å². The lowest BCUT2D eigenvalue weighted by Crippen LogP contribution is -2.01. The molecule has 0 fully saturated rings. The summed E-state index contributed by atoms with van der Waals surface area (Å²) in [5.41, 5.74) is -0.164. The highest BCUT2D eigenvalue weighted by molar-refractivity contribution is 6.46. The highest BCUT2D eigenvalue weighted by Crippen LogP contribution is 2.35. The fourth-order valence-electron chi connectivity index (χ4n) is 0.772. The van der Waals surface area contributed by atoms with Crippen LogP contribution >= 0.6 is 23.2 Å². The van der Waals surface area contributed by atoms with Crippen molar-refractivity contribution in [1.29, 1.82) is 0 Å². The number of non-ortho nitro benzene ring substituents is 1. The number of alkyl halides is 3. The van der Waals surface area contributed by atoms with Gasteiger partial charge in [0.1, 0.15) is 0 Å². The van der Waals surface area contributed by atoms with Crippen molar-refractivity contribution < 1.29 is 9.31 Å². The van der Waals surface area contributed by atoms with Crippen LogP contribution in [-0.2, 0) is 4.59 Å². The van der Waals surface area contributed by atoms with E-state index in [1.165, 1.54) is 0 Å². The molecule has 0 heterocycles. The molecule has 0 saturated heterocycles. The molecule has 0 atom stereocenters. The SMILES string of the molecule is O=[N+]([O-])c1ccc(C(F)(Cl)Cl)cc1. The number of halogens is 3. The van der Waals surface area contributed by atoms with Crippen LogP contribution in [0, 0.1) is 10.1 Å². The molecule has 3 nitrogen and oxygen atoms in total. The normalized spacial score (nSPS) is 11.3. The van der Waals surface area contributed by atoms with Gasteiger partial charge in [0.2, 0.25) is 0 Å². The molecule has 70 valence electrons. The zero-order valence-electron chi connectivity index (χ0n) is 6.21. The molecule has 0 radical (unpaired) electrons. The van der Waals surface area contributed by atoms with Crippen molar-refractivity contribution in [3.63, 3.8) is 0 Å². The Labute approximate surface area is 83.2 Å². The van der Waals surface area contributed by atoms with Crippen LogP contribution in [0.4, 0.5) is 10.1 Å². The highest BCUT2D eigenvalue weighted by Gasteiger charge is 2.25. The maximum Gasteiger partial charge on any atom is 0.283 e. The van der Waals surface area contributed by atoms with Gasteiger partial charge in [0.15, 0.2) is 0 Å². The van der Waals surface area contributed by atoms with Crippen LogP contribution in [0.5, 0.6) is 0 Å².